The Hall–Kier alpha value is -1.39. The van der Waals surface area contributed by atoms with E-state index in [1.165, 1.54) is 6.07 Å². The Kier molecular flexibility index (Phi) is 3.22. The van der Waals surface area contributed by atoms with Crippen LogP contribution in [0.1, 0.15) is 5.69 Å². The van der Waals surface area contributed by atoms with Gasteiger partial charge in [0.25, 0.3) is 0 Å². The summed E-state index contributed by atoms with van der Waals surface area (Å²) in [5.74, 6) is -0.444. The first-order chi connectivity index (χ1) is 7.74. The molecule has 16 heavy (non-hydrogen) atoms. The Labute approximate surface area is 97.7 Å². The first-order valence-corrected chi connectivity index (χ1v) is 5.27. The zero-order chi connectivity index (χ0) is 11.5. The quantitative estimate of drug-likeness (QED) is 0.892. The largest absolute Gasteiger partial charge is 0.330 e. The van der Waals surface area contributed by atoms with Gasteiger partial charge in [-0.05, 0) is 18.7 Å². The van der Waals surface area contributed by atoms with Gasteiger partial charge >= 0.3 is 0 Å². The molecule has 2 rings (SSSR count). The van der Waals surface area contributed by atoms with E-state index in [0.717, 1.165) is 5.69 Å². The number of hydrogen-bond donors (Lipinski definition) is 1. The van der Waals surface area contributed by atoms with E-state index in [0.29, 0.717) is 18.7 Å². The van der Waals surface area contributed by atoms with Crippen LogP contribution in [0.5, 0.6) is 0 Å². The molecule has 0 spiro atoms. The third-order valence-electron chi connectivity index (χ3n) is 2.31. The van der Waals surface area contributed by atoms with Gasteiger partial charge in [-0.2, -0.15) is 0 Å². The third kappa shape index (κ3) is 1.94. The van der Waals surface area contributed by atoms with E-state index < -0.39 is 5.82 Å². The molecule has 0 unspecified atom stereocenters. The summed E-state index contributed by atoms with van der Waals surface area (Å²) in [6, 6.07) is 4.87. The van der Waals surface area contributed by atoms with Crippen LogP contribution in [0.2, 0.25) is 5.02 Å². The van der Waals surface area contributed by atoms with Gasteiger partial charge in [0.05, 0.1) is 17.0 Å². The molecule has 0 saturated heterocycles. The second-order valence-electron chi connectivity index (χ2n) is 3.37. The summed E-state index contributed by atoms with van der Waals surface area (Å²) < 4.78 is 15.4. The monoisotopic (exact) mass is 239 g/mol. The summed E-state index contributed by atoms with van der Waals surface area (Å²) >= 11 is 5.73. The van der Waals surface area contributed by atoms with Crippen molar-refractivity contribution in [1.29, 1.82) is 0 Å². The van der Waals surface area contributed by atoms with Gasteiger partial charge in [-0.15, -0.1) is 0 Å². The van der Waals surface area contributed by atoms with Crippen LogP contribution < -0.4 is 5.73 Å². The Bertz CT molecular complexity index is 496. The van der Waals surface area contributed by atoms with Crippen molar-refractivity contribution in [3.8, 4) is 5.69 Å². The summed E-state index contributed by atoms with van der Waals surface area (Å²) in [5.41, 5.74) is 6.73. The van der Waals surface area contributed by atoms with Gasteiger partial charge in [-0.3, -0.25) is 0 Å². The summed E-state index contributed by atoms with van der Waals surface area (Å²) in [5, 5.41) is 0.102. The zero-order valence-electron chi connectivity index (χ0n) is 8.53. The Morgan fingerprint density at radius 3 is 3.00 bits per heavy atom. The molecule has 1 aromatic carbocycles. The van der Waals surface area contributed by atoms with Crippen molar-refractivity contribution in [1.82, 2.24) is 9.55 Å². The van der Waals surface area contributed by atoms with Crippen molar-refractivity contribution in [2.24, 2.45) is 5.73 Å². The minimum Gasteiger partial charge on any atom is -0.330 e. The van der Waals surface area contributed by atoms with Gasteiger partial charge in [0.1, 0.15) is 0 Å². The fourth-order valence-corrected chi connectivity index (χ4v) is 1.72. The van der Waals surface area contributed by atoms with E-state index >= 15 is 0 Å². The molecule has 0 radical (unpaired) electrons. The molecule has 0 aliphatic carbocycles. The number of benzene rings is 1. The summed E-state index contributed by atoms with van der Waals surface area (Å²) in [6.45, 7) is 0.494. The van der Waals surface area contributed by atoms with E-state index in [-0.39, 0.29) is 5.02 Å². The van der Waals surface area contributed by atoms with Crippen LogP contribution in [0.3, 0.4) is 0 Å². The molecule has 0 fully saturated rings. The molecule has 2 aromatic rings. The number of rotatable bonds is 3. The smallest absolute Gasteiger partial charge is 0.165 e. The molecule has 1 heterocycles. The van der Waals surface area contributed by atoms with Crippen LogP contribution in [-0.2, 0) is 6.42 Å². The predicted octanol–water partition coefficient (Wildman–Crippen LogP) is 2.17. The van der Waals surface area contributed by atoms with Gasteiger partial charge in [0.15, 0.2) is 5.82 Å². The SMILES string of the molecule is NCCc1cncn1-c1cccc(Cl)c1F. The van der Waals surface area contributed by atoms with Crippen molar-refractivity contribution in [2.45, 2.75) is 6.42 Å². The number of halogens is 2. The van der Waals surface area contributed by atoms with E-state index in [4.69, 9.17) is 17.3 Å². The van der Waals surface area contributed by atoms with Crippen molar-refractivity contribution in [3.05, 3.63) is 47.3 Å². The Morgan fingerprint density at radius 2 is 2.25 bits per heavy atom. The first kappa shape index (κ1) is 11.1. The van der Waals surface area contributed by atoms with Crippen LogP contribution in [0.4, 0.5) is 4.39 Å². The van der Waals surface area contributed by atoms with Gasteiger partial charge in [0, 0.05) is 18.3 Å². The van der Waals surface area contributed by atoms with Gasteiger partial charge in [0.2, 0.25) is 0 Å². The number of nitrogens with zero attached hydrogens (tertiary/aromatic N) is 2. The van der Waals surface area contributed by atoms with Crippen molar-refractivity contribution in [3.63, 3.8) is 0 Å². The summed E-state index contributed by atoms with van der Waals surface area (Å²) in [4.78, 5) is 3.99. The number of nitrogens with two attached hydrogens (primary N) is 1. The Morgan fingerprint density at radius 1 is 1.44 bits per heavy atom. The fourth-order valence-electron chi connectivity index (χ4n) is 1.55. The molecule has 0 bridgehead atoms. The summed E-state index contributed by atoms with van der Waals surface area (Å²) in [6.07, 6.45) is 3.87. The van der Waals surface area contributed by atoms with E-state index in [9.17, 15) is 4.39 Å². The van der Waals surface area contributed by atoms with Gasteiger partial charge in [-0.25, -0.2) is 9.37 Å². The average Bonchev–Trinajstić information content (AvgIpc) is 2.71. The number of imidazole rings is 1. The molecule has 0 atom stereocenters. The molecule has 5 heteroatoms. The van der Waals surface area contributed by atoms with Crippen LogP contribution in [0.25, 0.3) is 5.69 Å². The van der Waals surface area contributed by atoms with Crippen LogP contribution in [-0.4, -0.2) is 16.1 Å². The summed E-state index contributed by atoms with van der Waals surface area (Å²) in [7, 11) is 0. The van der Waals surface area contributed by atoms with E-state index in [2.05, 4.69) is 4.98 Å². The molecule has 0 amide bonds. The van der Waals surface area contributed by atoms with E-state index in [1.807, 2.05) is 0 Å². The molecule has 0 aliphatic heterocycles. The minimum atomic E-state index is -0.444. The Balaban J connectivity index is 2.50. The second-order valence-corrected chi connectivity index (χ2v) is 3.77. The van der Waals surface area contributed by atoms with Crippen LogP contribution in [0, 0.1) is 5.82 Å². The molecule has 2 N–H and O–H groups in total. The molecule has 1 aromatic heterocycles. The van der Waals surface area contributed by atoms with Crippen molar-refractivity contribution >= 4 is 11.6 Å². The van der Waals surface area contributed by atoms with Crippen molar-refractivity contribution in [2.75, 3.05) is 6.54 Å². The molecule has 84 valence electrons. The lowest BCUT2D eigenvalue weighted by atomic mass is 10.2. The lowest BCUT2D eigenvalue weighted by Crippen LogP contribution is -2.08. The van der Waals surface area contributed by atoms with Gasteiger partial charge in [-0.1, -0.05) is 17.7 Å². The highest BCUT2D eigenvalue weighted by Crippen LogP contribution is 2.22. The number of hydrogen-bond acceptors (Lipinski definition) is 2. The normalized spacial score (nSPS) is 10.7. The maximum atomic E-state index is 13.8. The van der Waals surface area contributed by atoms with Crippen LogP contribution >= 0.6 is 11.6 Å². The molecule has 0 aliphatic rings. The second kappa shape index (κ2) is 4.63. The predicted molar refractivity (Wildman–Crippen MR) is 61.3 cm³/mol. The maximum Gasteiger partial charge on any atom is 0.165 e. The minimum absolute atomic E-state index is 0.102. The topological polar surface area (TPSA) is 43.8 Å². The molecule has 3 nitrogen and oxygen atoms in total. The average molecular weight is 240 g/mol. The molecule has 0 saturated carbocycles. The standard InChI is InChI=1S/C11H11ClFN3/c12-9-2-1-3-10(11(9)13)16-7-15-6-8(16)4-5-14/h1-3,6-7H,4-5,14H2. The third-order valence-corrected chi connectivity index (χ3v) is 2.60. The number of aromatic nitrogens is 2. The molecular formula is C11H11ClFN3. The van der Waals surface area contributed by atoms with Gasteiger partial charge < -0.3 is 10.3 Å². The van der Waals surface area contributed by atoms with Crippen LogP contribution in [0.15, 0.2) is 30.7 Å². The highest BCUT2D eigenvalue weighted by molar-refractivity contribution is 6.30. The zero-order valence-corrected chi connectivity index (χ0v) is 9.28. The highest BCUT2D eigenvalue weighted by atomic mass is 35.5. The van der Waals surface area contributed by atoms with E-state index in [1.54, 1.807) is 29.2 Å². The fraction of sp³-hybridized carbons (Fsp3) is 0.182. The maximum absolute atomic E-state index is 13.8. The van der Waals surface area contributed by atoms with Crippen molar-refractivity contribution < 1.29 is 4.39 Å². The lowest BCUT2D eigenvalue weighted by molar-refractivity contribution is 0.616. The first-order valence-electron chi connectivity index (χ1n) is 4.89. The lowest BCUT2D eigenvalue weighted by Gasteiger charge is -2.09. The highest BCUT2D eigenvalue weighted by Gasteiger charge is 2.10. The molecular weight excluding hydrogens is 229 g/mol.